The Hall–Kier alpha value is -1.59. The number of hydrogen-bond donors (Lipinski definition) is 3. The topological polar surface area (TPSA) is 76.4 Å². The maximum absolute atomic E-state index is 11.6. The second kappa shape index (κ2) is 9.35. The van der Waals surface area contributed by atoms with Crippen molar-refractivity contribution in [3.8, 4) is 0 Å². The number of amides is 2. The van der Waals surface area contributed by atoms with Crippen LogP contribution in [0.1, 0.15) is 25.3 Å². The van der Waals surface area contributed by atoms with Gasteiger partial charge in [-0.1, -0.05) is 25.5 Å². The second-order valence-corrected chi connectivity index (χ2v) is 4.25. The molecule has 19 heavy (non-hydrogen) atoms. The van der Waals surface area contributed by atoms with E-state index in [2.05, 4.69) is 17.6 Å². The quantitative estimate of drug-likeness (QED) is 0.630. The molecule has 0 fully saturated rings. The molecule has 0 heterocycles. The second-order valence-electron chi connectivity index (χ2n) is 4.25. The fraction of sp³-hybridized carbons (Fsp3) is 0.500. The Labute approximate surface area is 114 Å². The van der Waals surface area contributed by atoms with Gasteiger partial charge in [0.15, 0.2) is 0 Å². The Morgan fingerprint density at radius 3 is 2.95 bits per heavy atom. The minimum absolute atomic E-state index is 0.228. The maximum Gasteiger partial charge on any atom is 0.319 e. The highest BCUT2D eigenvalue weighted by atomic mass is 16.5. The number of nitrogens with one attached hydrogen (secondary N) is 2. The largest absolute Gasteiger partial charge is 0.380 e. The van der Waals surface area contributed by atoms with Crippen LogP contribution in [-0.4, -0.2) is 25.8 Å². The Morgan fingerprint density at radius 2 is 2.21 bits per heavy atom. The minimum Gasteiger partial charge on any atom is -0.380 e. The molecule has 1 aromatic carbocycles. The van der Waals surface area contributed by atoms with Crippen LogP contribution in [0, 0.1) is 0 Å². The molecule has 2 amide bonds. The molecule has 0 atom stereocenters. The molecule has 0 radical (unpaired) electrons. The Balaban J connectivity index is 2.19. The van der Waals surface area contributed by atoms with Crippen molar-refractivity contribution in [3.05, 3.63) is 29.8 Å². The Bertz CT molecular complexity index is 383. The van der Waals surface area contributed by atoms with Gasteiger partial charge in [-0.25, -0.2) is 4.79 Å². The molecular formula is C14H23N3O2. The van der Waals surface area contributed by atoms with Crippen molar-refractivity contribution in [1.82, 2.24) is 5.32 Å². The summed E-state index contributed by atoms with van der Waals surface area (Å²) in [7, 11) is 0. The third kappa shape index (κ3) is 6.79. The highest BCUT2D eigenvalue weighted by Gasteiger charge is 2.01. The van der Waals surface area contributed by atoms with Crippen molar-refractivity contribution < 1.29 is 9.53 Å². The standard InChI is InChI=1S/C14H23N3O2/c1-2-3-8-19-9-7-16-14(18)17-13-6-4-5-12(10-13)11-15/h4-6,10H,2-3,7-9,11,15H2,1H3,(H2,16,17,18). The van der Waals surface area contributed by atoms with Crippen LogP contribution in [0.25, 0.3) is 0 Å². The normalized spacial score (nSPS) is 10.2. The highest BCUT2D eigenvalue weighted by molar-refractivity contribution is 5.89. The third-order valence-electron chi connectivity index (χ3n) is 2.59. The summed E-state index contributed by atoms with van der Waals surface area (Å²) in [5.74, 6) is 0. The first-order chi connectivity index (χ1) is 9.26. The van der Waals surface area contributed by atoms with Gasteiger partial charge in [0.1, 0.15) is 0 Å². The van der Waals surface area contributed by atoms with Crippen molar-refractivity contribution in [1.29, 1.82) is 0 Å². The van der Waals surface area contributed by atoms with Gasteiger partial charge in [0, 0.05) is 25.4 Å². The maximum atomic E-state index is 11.6. The lowest BCUT2D eigenvalue weighted by atomic mass is 10.2. The molecule has 0 spiro atoms. The number of urea groups is 1. The molecule has 106 valence electrons. The summed E-state index contributed by atoms with van der Waals surface area (Å²) in [6, 6.07) is 7.25. The number of carbonyl (C=O) groups excluding carboxylic acids is 1. The minimum atomic E-state index is -0.228. The lowest BCUT2D eigenvalue weighted by Gasteiger charge is -2.09. The van der Waals surface area contributed by atoms with E-state index in [4.69, 9.17) is 10.5 Å². The lowest BCUT2D eigenvalue weighted by molar-refractivity contribution is 0.134. The molecule has 0 saturated carbocycles. The van der Waals surface area contributed by atoms with Gasteiger partial charge in [0.2, 0.25) is 0 Å². The first kappa shape index (κ1) is 15.5. The molecule has 5 nitrogen and oxygen atoms in total. The van der Waals surface area contributed by atoms with Gasteiger partial charge >= 0.3 is 6.03 Å². The van der Waals surface area contributed by atoms with Crippen LogP contribution < -0.4 is 16.4 Å². The van der Waals surface area contributed by atoms with Crippen molar-refractivity contribution in [2.45, 2.75) is 26.3 Å². The number of ether oxygens (including phenoxy) is 1. The Morgan fingerprint density at radius 1 is 1.37 bits per heavy atom. The van der Waals surface area contributed by atoms with E-state index in [0.717, 1.165) is 30.7 Å². The molecule has 0 aromatic heterocycles. The molecule has 0 unspecified atom stereocenters. The highest BCUT2D eigenvalue weighted by Crippen LogP contribution is 2.09. The van der Waals surface area contributed by atoms with E-state index in [0.29, 0.717) is 19.7 Å². The fourth-order valence-electron chi connectivity index (χ4n) is 1.54. The van der Waals surface area contributed by atoms with Crippen LogP contribution in [0.15, 0.2) is 24.3 Å². The van der Waals surface area contributed by atoms with Crippen molar-refractivity contribution in [3.63, 3.8) is 0 Å². The number of nitrogens with two attached hydrogens (primary N) is 1. The Kier molecular flexibility index (Phi) is 7.62. The SMILES string of the molecule is CCCCOCCNC(=O)Nc1cccc(CN)c1. The average molecular weight is 265 g/mol. The summed E-state index contributed by atoms with van der Waals surface area (Å²) in [4.78, 5) is 11.6. The fourth-order valence-corrected chi connectivity index (χ4v) is 1.54. The van der Waals surface area contributed by atoms with Crippen LogP contribution in [0.2, 0.25) is 0 Å². The molecular weight excluding hydrogens is 242 g/mol. The summed E-state index contributed by atoms with van der Waals surface area (Å²) in [5, 5.41) is 5.50. The van der Waals surface area contributed by atoms with Crippen LogP contribution >= 0.6 is 0 Å². The monoisotopic (exact) mass is 265 g/mol. The molecule has 0 aliphatic rings. The van der Waals surface area contributed by atoms with Crippen LogP contribution in [0.4, 0.5) is 10.5 Å². The van der Waals surface area contributed by atoms with E-state index in [1.165, 1.54) is 0 Å². The molecule has 4 N–H and O–H groups in total. The summed E-state index contributed by atoms with van der Waals surface area (Å²) in [6.07, 6.45) is 2.17. The lowest BCUT2D eigenvalue weighted by Crippen LogP contribution is -2.31. The number of anilines is 1. The van der Waals surface area contributed by atoms with Gasteiger partial charge in [-0.05, 0) is 24.1 Å². The molecule has 5 heteroatoms. The van der Waals surface area contributed by atoms with Gasteiger partial charge in [-0.3, -0.25) is 0 Å². The zero-order chi connectivity index (χ0) is 13.9. The smallest absolute Gasteiger partial charge is 0.319 e. The zero-order valence-corrected chi connectivity index (χ0v) is 11.4. The van der Waals surface area contributed by atoms with Crippen molar-refractivity contribution in [2.75, 3.05) is 25.1 Å². The van der Waals surface area contributed by atoms with Gasteiger partial charge in [0.25, 0.3) is 0 Å². The van der Waals surface area contributed by atoms with E-state index in [1.54, 1.807) is 0 Å². The predicted octanol–water partition coefficient (Wildman–Crippen LogP) is 2.08. The van der Waals surface area contributed by atoms with Gasteiger partial charge in [-0.2, -0.15) is 0 Å². The van der Waals surface area contributed by atoms with Gasteiger partial charge < -0.3 is 21.1 Å². The van der Waals surface area contributed by atoms with Gasteiger partial charge in [-0.15, -0.1) is 0 Å². The molecule has 0 aliphatic carbocycles. The first-order valence-electron chi connectivity index (χ1n) is 6.68. The van der Waals surface area contributed by atoms with E-state index in [1.807, 2.05) is 24.3 Å². The number of hydrogen-bond acceptors (Lipinski definition) is 3. The molecule has 0 bridgehead atoms. The average Bonchev–Trinajstić information content (AvgIpc) is 2.43. The number of carbonyl (C=O) groups is 1. The van der Waals surface area contributed by atoms with Crippen LogP contribution in [-0.2, 0) is 11.3 Å². The van der Waals surface area contributed by atoms with E-state index >= 15 is 0 Å². The van der Waals surface area contributed by atoms with Crippen molar-refractivity contribution in [2.24, 2.45) is 5.73 Å². The van der Waals surface area contributed by atoms with Crippen LogP contribution in [0.5, 0.6) is 0 Å². The molecule has 1 rings (SSSR count). The summed E-state index contributed by atoms with van der Waals surface area (Å²) in [6.45, 7) is 4.37. The first-order valence-corrected chi connectivity index (χ1v) is 6.68. The van der Waals surface area contributed by atoms with Crippen LogP contribution in [0.3, 0.4) is 0 Å². The van der Waals surface area contributed by atoms with E-state index in [-0.39, 0.29) is 6.03 Å². The molecule has 1 aromatic rings. The summed E-state index contributed by atoms with van der Waals surface area (Å²) >= 11 is 0. The summed E-state index contributed by atoms with van der Waals surface area (Å²) in [5.41, 5.74) is 7.27. The molecule has 0 saturated heterocycles. The number of benzene rings is 1. The third-order valence-corrected chi connectivity index (χ3v) is 2.59. The summed E-state index contributed by atoms with van der Waals surface area (Å²) < 4.78 is 5.35. The predicted molar refractivity (Wildman–Crippen MR) is 77.1 cm³/mol. The number of rotatable bonds is 8. The number of unbranched alkanes of at least 4 members (excludes halogenated alkanes) is 1. The van der Waals surface area contributed by atoms with E-state index in [9.17, 15) is 4.79 Å². The van der Waals surface area contributed by atoms with Gasteiger partial charge in [0.05, 0.1) is 6.61 Å². The van der Waals surface area contributed by atoms with Crippen molar-refractivity contribution >= 4 is 11.7 Å². The molecule has 0 aliphatic heterocycles. The zero-order valence-electron chi connectivity index (χ0n) is 11.4. The van der Waals surface area contributed by atoms with E-state index < -0.39 is 0 Å².